The van der Waals surface area contributed by atoms with E-state index in [-0.39, 0.29) is 30.6 Å². The van der Waals surface area contributed by atoms with Gasteiger partial charge in [0.15, 0.2) is 5.78 Å². The molecule has 0 radical (unpaired) electrons. The third-order valence-electron chi connectivity index (χ3n) is 4.14. The van der Waals surface area contributed by atoms with E-state index in [9.17, 15) is 14.4 Å². The number of benzene rings is 1. The SMILES string of the molecule is O=C(CCN1C(=O)c2ccccc2C1=O)C[NH+]1CCOCC1. The molecule has 3 rings (SSSR count). The number of amides is 2. The Morgan fingerprint density at radius 1 is 1.09 bits per heavy atom. The zero-order valence-electron chi connectivity index (χ0n) is 12.3. The summed E-state index contributed by atoms with van der Waals surface area (Å²) >= 11 is 0. The largest absolute Gasteiger partial charge is 0.370 e. The quantitative estimate of drug-likeness (QED) is 0.720. The molecule has 2 aliphatic rings. The minimum Gasteiger partial charge on any atom is -0.370 e. The summed E-state index contributed by atoms with van der Waals surface area (Å²) in [5.74, 6) is -0.521. The van der Waals surface area contributed by atoms with Crippen LogP contribution < -0.4 is 4.90 Å². The molecule has 1 aromatic carbocycles. The molecule has 2 amide bonds. The van der Waals surface area contributed by atoms with Crippen molar-refractivity contribution in [1.82, 2.24) is 4.90 Å². The zero-order valence-corrected chi connectivity index (χ0v) is 12.3. The van der Waals surface area contributed by atoms with Crippen molar-refractivity contribution < 1.29 is 24.0 Å². The molecule has 2 aliphatic heterocycles. The number of hydrogen-bond acceptors (Lipinski definition) is 4. The second-order valence-corrected chi connectivity index (χ2v) is 5.64. The number of rotatable bonds is 5. The standard InChI is InChI=1S/C16H18N2O4/c19-12(11-17-7-9-22-10-8-17)5-6-18-15(20)13-3-1-2-4-14(13)16(18)21/h1-4H,5-11H2/p+1. The Morgan fingerprint density at radius 3 is 2.27 bits per heavy atom. The summed E-state index contributed by atoms with van der Waals surface area (Å²) in [5.41, 5.74) is 0.859. The van der Waals surface area contributed by atoms with E-state index in [1.165, 1.54) is 9.80 Å². The number of nitrogens with one attached hydrogen (secondary N) is 1. The maximum Gasteiger partial charge on any atom is 0.261 e. The Morgan fingerprint density at radius 2 is 1.68 bits per heavy atom. The van der Waals surface area contributed by atoms with Crippen LogP contribution in [-0.4, -0.2) is 61.9 Å². The highest BCUT2D eigenvalue weighted by Gasteiger charge is 2.35. The van der Waals surface area contributed by atoms with Gasteiger partial charge in [-0.15, -0.1) is 0 Å². The van der Waals surface area contributed by atoms with Crippen LogP contribution in [0.4, 0.5) is 0 Å². The summed E-state index contributed by atoms with van der Waals surface area (Å²) in [6.07, 6.45) is 0.218. The molecular formula is C16H19N2O4+. The van der Waals surface area contributed by atoms with Gasteiger partial charge in [0.2, 0.25) is 0 Å². The van der Waals surface area contributed by atoms with Crippen LogP contribution in [-0.2, 0) is 9.53 Å². The number of ketones is 1. The minimum atomic E-state index is -0.299. The molecule has 1 N–H and O–H groups in total. The molecule has 1 saturated heterocycles. The lowest BCUT2D eigenvalue weighted by Gasteiger charge is -2.23. The number of quaternary nitrogens is 1. The van der Waals surface area contributed by atoms with Crippen molar-refractivity contribution in [2.45, 2.75) is 6.42 Å². The molecule has 0 atom stereocenters. The third-order valence-corrected chi connectivity index (χ3v) is 4.14. The van der Waals surface area contributed by atoms with Crippen LogP contribution in [0.2, 0.25) is 0 Å². The molecule has 0 unspecified atom stereocenters. The number of nitrogens with zero attached hydrogens (tertiary/aromatic N) is 1. The first-order chi connectivity index (χ1) is 10.7. The van der Waals surface area contributed by atoms with Crippen molar-refractivity contribution in [3.8, 4) is 0 Å². The van der Waals surface area contributed by atoms with Crippen molar-refractivity contribution >= 4 is 17.6 Å². The number of carbonyl (C=O) groups excluding carboxylic acids is 3. The van der Waals surface area contributed by atoms with Gasteiger partial charge in [-0.1, -0.05) is 12.1 Å². The molecule has 0 spiro atoms. The number of Topliss-reactive ketones (excluding diaryl/α,β-unsaturated/α-hetero) is 1. The highest BCUT2D eigenvalue weighted by atomic mass is 16.5. The first-order valence-electron chi connectivity index (χ1n) is 7.55. The molecule has 0 saturated carbocycles. The maximum atomic E-state index is 12.2. The van der Waals surface area contributed by atoms with Crippen molar-refractivity contribution in [2.24, 2.45) is 0 Å². The Labute approximate surface area is 128 Å². The topological polar surface area (TPSA) is 68.1 Å². The fourth-order valence-corrected chi connectivity index (χ4v) is 2.88. The second kappa shape index (κ2) is 6.37. The molecule has 1 fully saturated rings. The smallest absolute Gasteiger partial charge is 0.261 e. The lowest BCUT2D eigenvalue weighted by Crippen LogP contribution is -3.14. The predicted octanol–water partition coefficient (Wildman–Crippen LogP) is -0.843. The van der Waals surface area contributed by atoms with Crippen molar-refractivity contribution in [1.29, 1.82) is 0 Å². The van der Waals surface area contributed by atoms with Gasteiger partial charge in [0.05, 0.1) is 24.3 Å². The summed E-state index contributed by atoms with van der Waals surface area (Å²) in [6, 6.07) is 6.77. The van der Waals surface area contributed by atoms with Gasteiger partial charge in [-0.3, -0.25) is 19.3 Å². The number of morpholine rings is 1. The molecular weight excluding hydrogens is 284 g/mol. The van der Waals surface area contributed by atoms with Crippen LogP contribution in [0, 0.1) is 0 Å². The van der Waals surface area contributed by atoms with Crippen LogP contribution in [0.25, 0.3) is 0 Å². The summed E-state index contributed by atoms with van der Waals surface area (Å²) in [4.78, 5) is 38.8. The van der Waals surface area contributed by atoms with Crippen molar-refractivity contribution in [3.63, 3.8) is 0 Å². The van der Waals surface area contributed by atoms with Crippen LogP contribution in [0.15, 0.2) is 24.3 Å². The molecule has 116 valence electrons. The number of hydrogen-bond donors (Lipinski definition) is 1. The van der Waals surface area contributed by atoms with Crippen LogP contribution >= 0.6 is 0 Å². The molecule has 0 aromatic heterocycles. The average molecular weight is 303 g/mol. The number of carbonyl (C=O) groups is 3. The molecule has 0 bridgehead atoms. The first kappa shape index (κ1) is 14.9. The van der Waals surface area contributed by atoms with Crippen LogP contribution in [0.5, 0.6) is 0 Å². The van der Waals surface area contributed by atoms with Crippen LogP contribution in [0.3, 0.4) is 0 Å². The molecule has 1 aromatic rings. The fourth-order valence-electron chi connectivity index (χ4n) is 2.88. The third kappa shape index (κ3) is 2.93. The highest BCUT2D eigenvalue weighted by molar-refractivity contribution is 6.21. The lowest BCUT2D eigenvalue weighted by molar-refractivity contribution is -0.900. The lowest BCUT2D eigenvalue weighted by atomic mass is 10.1. The number of ether oxygens (including phenoxy) is 1. The average Bonchev–Trinajstić information content (AvgIpc) is 2.78. The minimum absolute atomic E-state index is 0.0773. The van der Waals surface area contributed by atoms with Gasteiger partial charge in [-0.25, -0.2) is 0 Å². The Bertz CT molecular complexity index is 573. The van der Waals surface area contributed by atoms with E-state index >= 15 is 0 Å². The van der Waals surface area contributed by atoms with Gasteiger partial charge in [0, 0.05) is 13.0 Å². The molecule has 22 heavy (non-hydrogen) atoms. The van der Waals surface area contributed by atoms with Gasteiger partial charge in [0.1, 0.15) is 19.6 Å². The monoisotopic (exact) mass is 303 g/mol. The maximum absolute atomic E-state index is 12.2. The van der Waals surface area contributed by atoms with E-state index in [1.807, 2.05) is 0 Å². The normalized spacial score (nSPS) is 18.6. The first-order valence-corrected chi connectivity index (χ1v) is 7.55. The Balaban J connectivity index is 1.55. The summed E-state index contributed by atoms with van der Waals surface area (Å²) in [7, 11) is 0. The predicted molar refractivity (Wildman–Crippen MR) is 77.8 cm³/mol. The summed E-state index contributed by atoms with van der Waals surface area (Å²) in [6.45, 7) is 3.63. The van der Waals surface area contributed by atoms with Gasteiger partial charge >= 0.3 is 0 Å². The number of fused-ring (bicyclic) bond motifs is 1. The van der Waals surface area contributed by atoms with Gasteiger partial charge in [-0.2, -0.15) is 0 Å². The Hall–Kier alpha value is -2.05. The van der Waals surface area contributed by atoms with E-state index in [0.717, 1.165) is 13.1 Å². The van der Waals surface area contributed by atoms with Crippen LogP contribution in [0.1, 0.15) is 27.1 Å². The van der Waals surface area contributed by atoms with E-state index in [0.29, 0.717) is 30.9 Å². The van der Waals surface area contributed by atoms with Crippen molar-refractivity contribution in [2.75, 3.05) is 39.4 Å². The number of imide groups is 1. The summed E-state index contributed by atoms with van der Waals surface area (Å²) in [5, 5.41) is 0. The van der Waals surface area contributed by atoms with Gasteiger partial charge in [-0.05, 0) is 12.1 Å². The van der Waals surface area contributed by atoms with Gasteiger partial charge < -0.3 is 9.64 Å². The molecule has 6 heteroatoms. The zero-order chi connectivity index (χ0) is 15.5. The van der Waals surface area contributed by atoms with E-state index in [1.54, 1.807) is 24.3 Å². The Kier molecular flexibility index (Phi) is 4.31. The van der Waals surface area contributed by atoms with E-state index < -0.39 is 0 Å². The highest BCUT2D eigenvalue weighted by Crippen LogP contribution is 2.22. The molecule has 0 aliphatic carbocycles. The second-order valence-electron chi connectivity index (χ2n) is 5.64. The molecule has 2 heterocycles. The van der Waals surface area contributed by atoms with E-state index in [2.05, 4.69) is 0 Å². The fraction of sp³-hybridized carbons (Fsp3) is 0.438. The molecule has 6 nitrogen and oxygen atoms in total. The van der Waals surface area contributed by atoms with E-state index in [4.69, 9.17) is 4.74 Å². The van der Waals surface area contributed by atoms with Crippen molar-refractivity contribution in [3.05, 3.63) is 35.4 Å². The summed E-state index contributed by atoms with van der Waals surface area (Å²) < 4.78 is 5.26. The van der Waals surface area contributed by atoms with Gasteiger partial charge in [0.25, 0.3) is 11.8 Å².